The Kier molecular flexibility index (Phi) is 4.13. The van der Waals surface area contributed by atoms with Crippen molar-refractivity contribution in [2.45, 2.75) is 12.5 Å². The molecule has 1 aromatic carbocycles. The van der Waals surface area contributed by atoms with Gasteiger partial charge in [-0.1, -0.05) is 0 Å². The second-order valence-corrected chi connectivity index (χ2v) is 4.96. The van der Waals surface area contributed by atoms with Crippen LogP contribution in [0.2, 0.25) is 0 Å². The van der Waals surface area contributed by atoms with Crippen molar-refractivity contribution in [1.29, 1.82) is 0 Å². The number of nitrogens with two attached hydrogens (primary N) is 1. The topological polar surface area (TPSA) is 132 Å². The summed E-state index contributed by atoms with van der Waals surface area (Å²) in [5.41, 5.74) is 3.80. The lowest BCUT2D eigenvalue weighted by atomic mass is 10.0. The van der Waals surface area contributed by atoms with Crippen LogP contribution >= 0.6 is 0 Å². The molecule has 1 unspecified atom stereocenters. The molecule has 4 N–H and O–H groups in total. The van der Waals surface area contributed by atoms with Gasteiger partial charge >= 0.3 is 0 Å². The third-order valence-electron chi connectivity index (χ3n) is 3.13. The number of nitrogen functional groups attached to an aromatic ring is 1. The smallest absolute Gasteiger partial charge is 0.292 e. The van der Waals surface area contributed by atoms with Gasteiger partial charge < -0.3 is 20.6 Å². The summed E-state index contributed by atoms with van der Waals surface area (Å²) < 4.78 is 5.10. The fourth-order valence-electron chi connectivity index (χ4n) is 1.87. The summed E-state index contributed by atoms with van der Waals surface area (Å²) in [4.78, 5) is 22.2. The van der Waals surface area contributed by atoms with Crippen LogP contribution in [-0.2, 0) is 5.60 Å². The molecule has 1 aromatic heterocycles. The van der Waals surface area contributed by atoms with Crippen LogP contribution in [0.25, 0.3) is 0 Å². The summed E-state index contributed by atoms with van der Waals surface area (Å²) in [5.74, 6) is -0.258. The number of benzene rings is 1. The van der Waals surface area contributed by atoms with Crippen LogP contribution in [0.5, 0.6) is 0 Å². The largest absolute Gasteiger partial charge is 0.466 e. The number of nitrogens with one attached hydrogen (secondary N) is 1. The number of aliphatic hydroxyl groups is 1. The zero-order chi connectivity index (χ0) is 16.3. The van der Waals surface area contributed by atoms with Gasteiger partial charge in [-0.25, -0.2) is 0 Å². The maximum Gasteiger partial charge on any atom is 0.292 e. The van der Waals surface area contributed by atoms with E-state index in [0.29, 0.717) is 5.76 Å². The number of furan rings is 1. The Hall–Kier alpha value is -2.87. The Morgan fingerprint density at radius 3 is 2.82 bits per heavy atom. The Morgan fingerprint density at radius 1 is 1.50 bits per heavy atom. The molecule has 0 aliphatic heterocycles. The van der Waals surface area contributed by atoms with E-state index in [9.17, 15) is 20.0 Å². The number of nitro benzene ring substituents is 1. The van der Waals surface area contributed by atoms with Crippen molar-refractivity contribution in [3.05, 3.63) is 58.0 Å². The van der Waals surface area contributed by atoms with Gasteiger partial charge in [-0.3, -0.25) is 14.9 Å². The summed E-state index contributed by atoms with van der Waals surface area (Å²) >= 11 is 0. The molecule has 0 fully saturated rings. The van der Waals surface area contributed by atoms with E-state index in [1.807, 2.05) is 0 Å². The van der Waals surface area contributed by atoms with E-state index in [1.54, 1.807) is 12.1 Å². The molecule has 2 rings (SSSR count). The molecule has 116 valence electrons. The van der Waals surface area contributed by atoms with Gasteiger partial charge in [0.1, 0.15) is 17.0 Å². The Balaban J connectivity index is 2.10. The minimum absolute atomic E-state index is 0.0240. The molecular weight excluding hydrogens is 290 g/mol. The number of amides is 1. The van der Waals surface area contributed by atoms with E-state index in [4.69, 9.17) is 10.2 Å². The number of anilines is 1. The second kappa shape index (κ2) is 5.86. The number of nitro groups is 1. The lowest BCUT2D eigenvalue weighted by molar-refractivity contribution is -0.383. The molecule has 1 atom stereocenters. The second-order valence-electron chi connectivity index (χ2n) is 4.96. The molecule has 0 radical (unpaired) electrons. The lowest BCUT2D eigenvalue weighted by Gasteiger charge is -2.21. The fourth-order valence-corrected chi connectivity index (χ4v) is 1.87. The van der Waals surface area contributed by atoms with Crippen molar-refractivity contribution in [1.82, 2.24) is 5.32 Å². The number of hydrogen-bond donors (Lipinski definition) is 3. The predicted molar refractivity (Wildman–Crippen MR) is 78.1 cm³/mol. The average molecular weight is 305 g/mol. The highest BCUT2D eigenvalue weighted by atomic mass is 16.6. The number of carbonyl (C=O) groups is 1. The van der Waals surface area contributed by atoms with Crippen molar-refractivity contribution in [2.24, 2.45) is 0 Å². The van der Waals surface area contributed by atoms with Gasteiger partial charge in [-0.15, -0.1) is 0 Å². The van der Waals surface area contributed by atoms with Crippen molar-refractivity contribution < 1.29 is 19.2 Å². The summed E-state index contributed by atoms with van der Waals surface area (Å²) in [5, 5.41) is 23.5. The van der Waals surface area contributed by atoms with Gasteiger partial charge in [0.05, 0.1) is 17.7 Å². The minimum Gasteiger partial charge on any atom is -0.466 e. The minimum atomic E-state index is -1.39. The number of rotatable bonds is 5. The third kappa shape index (κ3) is 3.23. The molecule has 1 heterocycles. The molecular formula is C14H15N3O5. The zero-order valence-corrected chi connectivity index (χ0v) is 11.8. The monoisotopic (exact) mass is 305 g/mol. The molecule has 0 aliphatic rings. The van der Waals surface area contributed by atoms with Crippen LogP contribution in [0, 0.1) is 10.1 Å². The van der Waals surface area contributed by atoms with Crippen LogP contribution in [0.15, 0.2) is 41.0 Å². The first-order valence-corrected chi connectivity index (χ1v) is 6.40. The van der Waals surface area contributed by atoms with Gasteiger partial charge in [0.15, 0.2) is 0 Å². The van der Waals surface area contributed by atoms with Gasteiger partial charge in [0.2, 0.25) is 0 Å². The molecule has 0 aliphatic carbocycles. The predicted octanol–water partition coefficient (Wildman–Crippen LogP) is 1.41. The van der Waals surface area contributed by atoms with Crippen molar-refractivity contribution in [3.63, 3.8) is 0 Å². The normalized spacial score (nSPS) is 13.4. The molecule has 0 spiro atoms. The summed E-state index contributed by atoms with van der Waals surface area (Å²) in [6.45, 7) is 1.37. The van der Waals surface area contributed by atoms with E-state index in [-0.39, 0.29) is 23.5 Å². The standard InChI is InChI=1S/C14H15N3O5/c1-14(19,12-3-2-6-22-12)8-16-13(18)9-4-5-10(15)11(7-9)17(20)21/h2-7,19H,8,15H2,1H3,(H,16,18). The first kappa shape index (κ1) is 15.5. The highest BCUT2D eigenvalue weighted by Crippen LogP contribution is 2.23. The van der Waals surface area contributed by atoms with E-state index in [1.165, 1.54) is 25.3 Å². The number of carbonyl (C=O) groups excluding carboxylic acids is 1. The van der Waals surface area contributed by atoms with Gasteiger partial charge in [0, 0.05) is 11.6 Å². The van der Waals surface area contributed by atoms with Crippen LogP contribution in [0.4, 0.5) is 11.4 Å². The van der Waals surface area contributed by atoms with E-state index < -0.39 is 16.4 Å². The van der Waals surface area contributed by atoms with Crippen molar-refractivity contribution >= 4 is 17.3 Å². The fraction of sp³-hybridized carbons (Fsp3) is 0.214. The van der Waals surface area contributed by atoms with E-state index in [0.717, 1.165) is 6.07 Å². The van der Waals surface area contributed by atoms with E-state index in [2.05, 4.69) is 5.32 Å². The molecule has 0 saturated heterocycles. The Bertz CT molecular complexity index is 695. The first-order chi connectivity index (χ1) is 10.3. The van der Waals surface area contributed by atoms with Crippen LogP contribution in [-0.4, -0.2) is 22.5 Å². The summed E-state index contributed by atoms with van der Waals surface area (Å²) in [7, 11) is 0. The molecule has 0 saturated carbocycles. The number of nitrogens with zero attached hydrogens (tertiary/aromatic N) is 1. The van der Waals surface area contributed by atoms with Gasteiger partial charge in [-0.2, -0.15) is 0 Å². The molecule has 22 heavy (non-hydrogen) atoms. The third-order valence-corrected chi connectivity index (χ3v) is 3.13. The molecule has 2 aromatic rings. The quantitative estimate of drug-likeness (QED) is 0.434. The maximum absolute atomic E-state index is 12.0. The zero-order valence-electron chi connectivity index (χ0n) is 11.8. The van der Waals surface area contributed by atoms with E-state index >= 15 is 0 Å². The van der Waals surface area contributed by atoms with Gasteiger partial charge in [0.25, 0.3) is 11.6 Å². The SMILES string of the molecule is CC(O)(CNC(=O)c1ccc(N)c([N+](=O)[O-])c1)c1ccco1. The van der Waals surface area contributed by atoms with Crippen LogP contribution in [0.3, 0.4) is 0 Å². The number of hydrogen-bond acceptors (Lipinski definition) is 6. The maximum atomic E-state index is 12.0. The molecule has 8 heteroatoms. The Morgan fingerprint density at radius 2 is 2.23 bits per heavy atom. The average Bonchev–Trinajstić information content (AvgIpc) is 3.00. The summed E-state index contributed by atoms with van der Waals surface area (Å²) in [6.07, 6.45) is 1.41. The van der Waals surface area contributed by atoms with Crippen LogP contribution in [0.1, 0.15) is 23.0 Å². The van der Waals surface area contributed by atoms with Gasteiger partial charge in [-0.05, 0) is 31.2 Å². The Labute approximate surface area is 125 Å². The lowest BCUT2D eigenvalue weighted by Crippen LogP contribution is -2.38. The summed E-state index contributed by atoms with van der Waals surface area (Å²) in [6, 6.07) is 6.96. The van der Waals surface area contributed by atoms with Crippen molar-refractivity contribution in [2.75, 3.05) is 12.3 Å². The highest BCUT2D eigenvalue weighted by Gasteiger charge is 2.27. The molecule has 1 amide bonds. The highest BCUT2D eigenvalue weighted by molar-refractivity contribution is 5.95. The molecule has 8 nitrogen and oxygen atoms in total. The first-order valence-electron chi connectivity index (χ1n) is 6.40. The molecule has 0 bridgehead atoms. The van der Waals surface area contributed by atoms with Crippen LogP contribution < -0.4 is 11.1 Å². The van der Waals surface area contributed by atoms with Crippen molar-refractivity contribution in [3.8, 4) is 0 Å².